The lowest BCUT2D eigenvalue weighted by Gasteiger charge is -2.27. The molecule has 1 aliphatic heterocycles. The SMILES string of the molecule is O=C(OCc1cccs1)N1CCc2ncn(Cc3ccccc3)c(=O)c2C1. The lowest BCUT2D eigenvalue weighted by atomic mass is 10.1. The number of thiophene rings is 1. The Kier molecular flexibility index (Phi) is 5.02. The van der Waals surface area contributed by atoms with E-state index in [-0.39, 0.29) is 18.7 Å². The number of aromatic nitrogens is 2. The summed E-state index contributed by atoms with van der Waals surface area (Å²) in [5.74, 6) is 0. The van der Waals surface area contributed by atoms with Crippen LogP contribution in [0.1, 0.15) is 21.7 Å². The van der Waals surface area contributed by atoms with E-state index in [2.05, 4.69) is 4.98 Å². The lowest BCUT2D eigenvalue weighted by molar-refractivity contribution is 0.0921. The zero-order chi connectivity index (χ0) is 18.6. The lowest BCUT2D eigenvalue weighted by Crippen LogP contribution is -2.41. The molecule has 27 heavy (non-hydrogen) atoms. The number of hydrogen-bond donors (Lipinski definition) is 0. The van der Waals surface area contributed by atoms with Crippen LogP contribution >= 0.6 is 11.3 Å². The van der Waals surface area contributed by atoms with Crippen molar-refractivity contribution in [3.63, 3.8) is 0 Å². The van der Waals surface area contributed by atoms with Crippen LogP contribution in [0.15, 0.2) is 59.0 Å². The van der Waals surface area contributed by atoms with Crippen molar-refractivity contribution in [3.8, 4) is 0 Å². The van der Waals surface area contributed by atoms with E-state index in [9.17, 15) is 9.59 Å². The summed E-state index contributed by atoms with van der Waals surface area (Å²) in [4.78, 5) is 32.3. The Labute approximate surface area is 160 Å². The molecule has 0 N–H and O–H groups in total. The van der Waals surface area contributed by atoms with Crippen LogP contribution in [-0.4, -0.2) is 27.1 Å². The van der Waals surface area contributed by atoms with Crippen molar-refractivity contribution in [2.75, 3.05) is 6.54 Å². The maximum absolute atomic E-state index is 12.9. The average Bonchev–Trinajstić information content (AvgIpc) is 3.22. The van der Waals surface area contributed by atoms with Gasteiger partial charge in [0.2, 0.25) is 0 Å². The molecule has 3 aromatic rings. The van der Waals surface area contributed by atoms with Crippen LogP contribution < -0.4 is 5.56 Å². The van der Waals surface area contributed by atoms with Gasteiger partial charge in [-0.3, -0.25) is 9.36 Å². The maximum Gasteiger partial charge on any atom is 0.410 e. The Bertz CT molecular complexity index is 983. The van der Waals surface area contributed by atoms with E-state index in [1.165, 1.54) is 0 Å². The third-order valence-electron chi connectivity index (χ3n) is 4.56. The van der Waals surface area contributed by atoms with Crippen molar-refractivity contribution in [2.24, 2.45) is 0 Å². The molecule has 0 radical (unpaired) electrons. The van der Waals surface area contributed by atoms with E-state index in [1.807, 2.05) is 47.8 Å². The second-order valence-corrected chi connectivity index (χ2v) is 7.43. The Morgan fingerprint density at radius 1 is 1.19 bits per heavy atom. The highest BCUT2D eigenvalue weighted by molar-refractivity contribution is 7.09. The number of carbonyl (C=O) groups excluding carboxylic acids is 1. The minimum Gasteiger partial charge on any atom is -0.444 e. The predicted molar refractivity (Wildman–Crippen MR) is 103 cm³/mol. The maximum atomic E-state index is 12.9. The fourth-order valence-corrected chi connectivity index (χ4v) is 3.74. The molecule has 7 heteroatoms. The zero-order valence-corrected chi connectivity index (χ0v) is 15.5. The molecule has 6 nitrogen and oxygen atoms in total. The van der Waals surface area contributed by atoms with Gasteiger partial charge in [0.05, 0.1) is 30.7 Å². The highest BCUT2D eigenvalue weighted by atomic mass is 32.1. The number of ether oxygens (including phenoxy) is 1. The molecule has 0 saturated heterocycles. The molecule has 0 atom stereocenters. The van der Waals surface area contributed by atoms with Gasteiger partial charge < -0.3 is 9.64 Å². The normalized spacial score (nSPS) is 13.3. The molecule has 3 heterocycles. The third kappa shape index (κ3) is 3.93. The van der Waals surface area contributed by atoms with Crippen LogP contribution in [0.4, 0.5) is 4.79 Å². The summed E-state index contributed by atoms with van der Waals surface area (Å²) in [6, 6.07) is 13.6. The van der Waals surface area contributed by atoms with Crippen LogP contribution in [0.3, 0.4) is 0 Å². The number of amides is 1. The second kappa shape index (κ2) is 7.75. The molecule has 1 amide bonds. The summed E-state index contributed by atoms with van der Waals surface area (Å²) >= 11 is 1.55. The molecule has 0 unspecified atom stereocenters. The zero-order valence-electron chi connectivity index (χ0n) is 14.7. The van der Waals surface area contributed by atoms with Gasteiger partial charge in [0, 0.05) is 17.8 Å². The van der Waals surface area contributed by atoms with E-state index >= 15 is 0 Å². The van der Waals surface area contributed by atoms with Crippen molar-refractivity contribution in [3.05, 3.63) is 86.2 Å². The van der Waals surface area contributed by atoms with Crippen molar-refractivity contribution >= 4 is 17.4 Å². The van der Waals surface area contributed by atoms with Gasteiger partial charge in [-0.25, -0.2) is 9.78 Å². The molecular formula is C20H19N3O3S. The van der Waals surface area contributed by atoms with E-state index in [0.717, 1.165) is 16.1 Å². The average molecular weight is 381 g/mol. The van der Waals surface area contributed by atoms with E-state index in [0.29, 0.717) is 25.1 Å². The van der Waals surface area contributed by atoms with Crippen LogP contribution in [-0.2, 0) is 30.9 Å². The fraction of sp³-hybridized carbons (Fsp3) is 0.250. The van der Waals surface area contributed by atoms with Gasteiger partial charge in [-0.2, -0.15) is 0 Å². The van der Waals surface area contributed by atoms with E-state index in [1.54, 1.807) is 27.1 Å². The molecule has 0 spiro atoms. The van der Waals surface area contributed by atoms with Crippen LogP contribution in [0.25, 0.3) is 0 Å². The highest BCUT2D eigenvalue weighted by Gasteiger charge is 2.25. The second-order valence-electron chi connectivity index (χ2n) is 6.39. The summed E-state index contributed by atoms with van der Waals surface area (Å²) in [7, 11) is 0. The first-order valence-corrected chi connectivity index (χ1v) is 9.64. The van der Waals surface area contributed by atoms with Gasteiger partial charge in [0.25, 0.3) is 5.56 Å². The Morgan fingerprint density at radius 3 is 2.81 bits per heavy atom. The van der Waals surface area contributed by atoms with Gasteiger partial charge in [-0.1, -0.05) is 36.4 Å². The van der Waals surface area contributed by atoms with Gasteiger partial charge in [-0.05, 0) is 17.0 Å². The number of fused-ring (bicyclic) bond motifs is 1. The summed E-state index contributed by atoms with van der Waals surface area (Å²) in [5.41, 5.74) is 2.28. The number of rotatable bonds is 4. The molecule has 1 aromatic carbocycles. The van der Waals surface area contributed by atoms with Crippen LogP contribution in [0.2, 0.25) is 0 Å². The Balaban J connectivity index is 1.48. The molecule has 0 aliphatic carbocycles. The minimum atomic E-state index is -0.396. The van der Waals surface area contributed by atoms with Crippen LogP contribution in [0.5, 0.6) is 0 Å². The molecular weight excluding hydrogens is 362 g/mol. The first-order chi connectivity index (χ1) is 13.2. The third-order valence-corrected chi connectivity index (χ3v) is 5.41. The van der Waals surface area contributed by atoms with Crippen molar-refractivity contribution in [1.29, 1.82) is 0 Å². The van der Waals surface area contributed by atoms with Crippen molar-refractivity contribution in [2.45, 2.75) is 26.1 Å². The number of carbonyl (C=O) groups is 1. The monoisotopic (exact) mass is 381 g/mol. The predicted octanol–water partition coefficient (Wildman–Crippen LogP) is 3.05. The van der Waals surface area contributed by atoms with Crippen molar-refractivity contribution in [1.82, 2.24) is 14.5 Å². The summed E-state index contributed by atoms with van der Waals surface area (Å²) < 4.78 is 6.97. The highest BCUT2D eigenvalue weighted by Crippen LogP contribution is 2.16. The fourth-order valence-electron chi connectivity index (χ4n) is 3.12. The quantitative estimate of drug-likeness (QED) is 0.697. The smallest absolute Gasteiger partial charge is 0.410 e. The standard InChI is InChI=1S/C20H19N3O3S/c24-19-17-12-22(20(25)26-13-16-7-4-10-27-16)9-8-18(17)21-14-23(19)11-15-5-2-1-3-6-15/h1-7,10,14H,8-9,11-13H2. The molecule has 0 bridgehead atoms. The molecule has 0 saturated carbocycles. The van der Waals surface area contributed by atoms with Gasteiger partial charge in [0.1, 0.15) is 6.61 Å². The van der Waals surface area contributed by atoms with Gasteiger partial charge in [-0.15, -0.1) is 11.3 Å². The number of nitrogens with zero attached hydrogens (tertiary/aromatic N) is 3. The molecule has 138 valence electrons. The van der Waals surface area contributed by atoms with Crippen LogP contribution in [0, 0.1) is 0 Å². The van der Waals surface area contributed by atoms with E-state index in [4.69, 9.17) is 4.74 Å². The van der Waals surface area contributed by atoms with Crippen molar-refractivity contribution < 1.29 is 9.53 Å². The molecule has 1 aliphatic rings. The Hall–Kier alpha value is -2.93. The minimum absolute atomic E-state index is 0.0976. The molecule has 2 aromatic heterocycles. The summed E-state index contributed by atoms with van der Waals surface area (Å²) in [6.07, 6.45) is 1.76. The Morgan fingerprint density at radius 2 is 2.04 bits per heavy atom. The molecule has 0 fully saturated rings. The van der Waals surface area contributed by atoms with Gasteiger partial charge in [0.15, 0.2) is 0 Å². The van der Waals surface area contributed by atoms with Gasteiger partial charge >= 0.3 is 6.09 Å². The summed E-state index contributed by atoms with van der Waals surface area (Å²) in [5, 5.41) is 1.95. The first kappa shape index (κ1) is 17.5. The number of hydrogen-bond acceptors (Lipinski definition) is 5. The largest absolute Gasteiger partial charge is 0.444 e. The van der Waals surface area contributed by atoms with E-state index < -0.39 is 6.09 Å². The molecule has 4 rings (SSSR count). The topological polar surface area (TPSA) is 64.4 Å². The summed E-state index contributed by atoms with van der Waals surface area (Å²) in [6.45, 7) is 1.46. The first-order valence-electron chi connectivity index (χ1n) is 8.76. The number of benzene rings is 1.